The van der Waals surface area contributed by atoms with Gasteiger partial charge in [-0.2, -0.15) is 0 Å². The van der Waals surface area contributed by atoms with Gasteiger partial charge in [-0.05, 0) is 60.9 Å². The summed E-state index contributed by atoms with van der Waals surface area (Å²) in [7, 11) is 1.66. The van der Waals surface area contributed by atoms with Crippen LogP contribution in [0.3, 0.4) is 0 Å². The molecule has 0 bridgehead atoms. The first-order chi connectivity index (χ1) is 15.5. The maximum absolute atomic E-state index is 13.6. The fourth-order valence-electron chi connectivity index (χ4n) is 4.47. The lowest BCUT2D eigenvalue weighted by atomic mass is 9.92. The van der Waals surface area contributed by atoms with Gasteiger partial charge in [0.1, 0.15) is 11.6 Å². The Balaban J connectivity index is 1.58. The minimum absolute atomic E-state index is 0.261. The number of halogens is 1. The number of aryl methyl sites for hydroxylation is 1. The van der Waals surface area contributed by atoms with Crippen molar-refractivity contribution in [2.75, 3.05) is 19.0 Å². The van der Waals surface area contributed by atoms with Crippen molar-refractivity contribution in [1.29, 1.82) is 0 Å². The molecule has 2 heterocycles. The van der Waals surface area contributed by atoms with Gasteiger partial charge in [0.2, 0.25) is 0 Å². The zero-order valence-electron chi connectivity index (χ0n) is 18.0. The van der Waals surface area contributed by atoms with Crippen LogP contribution in [-0.4, -0.2) is 29.6 Å². The number of nitrogens with one attached hydrogen (secondary N) is 2. The summed E-state index contributed by atoms with van der Waals surface area (Å²) in [6.07, 6.45) is 0.710. The van der Waals surface area contributed by atoms with Gasteiger partial charge in [0, 0.05) is 28.8 Å². The molecule has 1 atom stereocenters. The third kappa shape index (κ3) is 3.58. The molecule has 1 aliphatic heterocycles. The molecule has 0 unspecified atom stereocenters. The second-order valence-electron chi connectivity index (χ2n) is 8.13. The fraction of sp³-hybridized carbons (Fsp3) is 0.192. The van der Waals surface area contributed by atoms with E-state index >= 15 is 0 Å². The maximum Gasteiger partial charge on any atom is 0.322 e. The molecule has 32 heavy (non-hydrogen) atoms. The number of hydrogen-bond acceptors (Lipinski definition) is 2. The van der Waals surface area contributed by atoms with Crippen LogP contribution in [0.25, 0.3) is 10.9 Å². The van der Waals surface area contributed by atoms with Crippen LogP contribution in [0.1, 0.15) is 28.4 Å². The minimum Gasteiger partial charge on any atom is -0.497 e. The third-order valence-electron chi connectivity index (χ3n) is 6.06. The molecule has 3 aromatic carbocycles. The minimum atomic E-state index is -0.386. The number of urea groups is 1. The summed E-state index contributed by atoms with van der Waals surface area (Å²) >= 11 is 0. The van der Waals surface area contributed by atoms with Gasteiger partial charge in [-0.1, -0.05) is 35.9 Å². The highest BCUT2D eigenvalue weighted by molar-refractivity contribution is 5.92. The largest absolute Gasteiger partial charge is 0.497 e. The number of nitrogens with zero attached hydrogens (tertiary/aromatic N) is 1. The van der Waals surface area contributed by atoms with Gasteiger partial charge in [-0.15, -0.1) is 0 Å². The molecule has 2 N–H and O–H groups in total. The van der Waals surface area contributed by atoms with Crippen LogP contribution in [0, 0.1) is 12.7 Å². The van der Waals surface area contributed by atoms with Gasteiger partial charge >= 0.3 is 6.03 Å². The highest BCUT2D eigenvalue weighted by Crippen LogP contribution is 2.39. The standard InChI is InChI=1S/C26H24FN3O2/c1-16-6-8-17(9-7-16)25-24-21(22-15-20(32-2)10-11-23(22)29-24)12-13-30(25)26(31)28-19-5-3-4-18(27)14-19/h3-11,14-15,25,29H,12-13H2,1-2H3,(H,28,31)/t25-/m1/s1. The molecule has 0 saturated carbocycles. The number of aromatic nitrogens is 1. The van der Waals surface area contributed by atoms with Crippen molar-refractivity contribution >= 4 is 22.6 Å². The van der Waals surface area contributed by atoms with E-state index in [0.717, 1.165) is 33.5 Å². The highest BCUT2D eigenvalue weighted by atomic mass is 19.1. The third-order valence-corrected chi connectivity index (χ3v) is 6.06. The van der Waals surface area contributed by atoms with Crippen molar-refractivity contribution in [2.24, 2.45) is 0 Å². The van der Waals surface area contributed by atoms with Crippen molar-refractivity contribution < 1.29 is 13.9 Å². The Morgan fingerprint density at radius 2 is 1.94 bits per heavy atom. The summed E-state index contributed by atoms with van der Waals surface area (Å²) in [5.74, 6) is 0.417. The van der Waals surface area contributed by atoms with Crippen molar-refractivity contribution in [1.82, 2.24) is 9.88 Å². The number of carbonyl (C=O) groups excluding carboxylic acids is 1. The van der Waals surface area contributed by atoms with Crippen LogP contribution < -0.4 is 10.1 Å². The van der Waals surface area contributed by atoms with Gasteiger partial charge < -0.3 is 19.9 Å². The quantitative estimate of drug-likeness (QED) is 0.432. The van der Waals surface area contributed by atoms with Gasteiger partial charge in [0.15, 0.2) is 0 Å². The molecule has 0 radical (unpaired) electrons. The summed E-state index contributed by atoms with van der Waals surface area (Å²) in [4.78, 5) is 18.7. The van der Waals surface area contributed by atoms with Gasteiger partial charge in [-0.3, -0.25) is 0 Å². The number of fused-ring (bicyclic) bond motifs is 3. The molecule has 0 saturated heterocycles. The summed E-state index contributed by atoms with van der Waals surface area (Å²) in [6, 6.07) is 19.6. The lowest BCUT2D eigenvalue weighted by molar-refractivity contribution is 0.193. The number of methoxy groups -OCH3 is 1. The van der Waals surface area contributed by atoms with Crippen molar-refractivity contribution in [3.8, 4) is 5.75 Å². The molecule has 5 rings (SSSR count). The Kier molecular flexibility index (Phi) is 5.05. The lowest BCUT2D eigenvalue weighted by Gasteiger charge is -2.36. The number of ether oxygens (including phenoxy) is 1. The van der Waals surface area contributed by atoms with Crippen molar-refractivity contribution in [2.45, 2.75) is 19.4 Å². The first-order valence-electron chi connectivity index (χ1n) is 10.6. The Bertz CT molecular complexity index is 1300. The van der Waals surface area contributed by atoms with Gasteiger partial charge in [0.05, 0.1) is 13.2 Å². The predicted molar refractivity (Wildman–Crippen MR) is 124 cm³/mol. The number of hydrogen-bond donors (Lipinski definition) is 2. The summed E-state index contributed by atoms with van der Waals surface area (Å²) in [5.41, 5.74) is 5.81. The van der Waals surface area contributed by atoms with Crippen molar-refractivity contribution in [3.63, 3.8) is 0 Å². The maximum atomic E-state index is 13.6. The van der Waals surface area contributed by atoms with E-state index in [1.54, 1.807) is 19.2 Å². The average molecular weight is 429 g/mol. The molecule has 4 aromatic rings. The molecular formula is C26H24FN3O2. The summed E-state index contributed by atoms with van der Waals surface area (Å²) in [6.45, 7) is 2.58. The summed E-state index contributed by atoms with van der Waals surface area (Å²) < 4.78 is 19.1. The van der Waals surface area contributed by atoms with Crippen molar-refractivity contribution in [3.05, 3.63) is 94.9 Å². The smallest absolute Gasteiger partial charge is 0.322 e. The van der Waals surface area contributed by atoms with Gasteiger partial charge in [-0.25, -0.2) is 9.18 Å². The predicted octanol–water partition coefficient (Wildman–Crippen LogP) is 5.80. The van der Waals surface area contributed by atoms with E-state index in [0.29, 0.717) is 18.7 Å². The number of benzene rings is 3. The van der Waals surface area contributed by atoms with E-state index in [-0.39, 0.29) is 17.9 Å². The Morgan fingerprint density at radius 1 is 1.12 bits per heavy atom. The van der Waals surface area contributed by atoms with E-state index in [1.165, 1.54) is 17.7 Å². The van der Waals surface area contributed by atoms with E-state index in [1.807, 2.05) is 30.0 Å². The van der Waals surface area contributed by atoms with Crippen LogP contribution in [-0.2, 0) is 6.42 Å². The van der Waals surface area contributed by atoms with Crippen LogP contribution in [0.5, 0.6) is 5.75 Å². The lowest BCUT2D eigenvalue weighted by Crippen LogP contribution is -2.43. The average Bonchev–Trinajstić information content (AvgIpc) is 3.17. The zero-order chi connectivity index (χ0) is 22.2. The van der Waals surface area contributed by atoms with E-state index in [2.05, 4.69) is 34.6 Å². The first kappa shape index (κ1) is 20.1. The molecule has 0 spiro atoms. The Labute approximate surface area is 185 Å². The Hall–Kier alpha value is -3.80. The second kappa shape index (κ2) is 8.04. The molecule has 1 aliphatic rings. The summed E-state index contributed by atoms with van der Waals surface area (Å²) in [5, 5.41) is 3.97. The van der Waals surface area contributed by atoms with E-state index in [4.69, 9.17) is 4.74 Å². The van der Waals surface area contributed by atoms with Crippen LogP contribution >= 0.6 is 0 Å². The molecule has 162 valence electrons. The topological polar surface area (TPSA) is 57.4 Å². The number of aromatic amines is 1. The highest BCUT2D eigenvalue weighted by Gasteiger charge is 2.34. The number of anilines is 1. The Morgan fingerprint density at radius 3 is 2.69 bits per heavy atom. The van der Waals surface area contributed by atoms with Crippen LogP contribution in [0.4, 0.5) is 14.9 Å². The van der Waals surface area contributed by atoms with E-state index < -0.39 is 0 Å². The normalized spacial score (nSPS) is 15.5. The zero-order valence-corrected chi connectivity index (χ0v) is 18.0. The molecule has 2 amide bonds. The molecule has 1 aromatic heterocycles. The van der Waals surface area contributed by atoms with Gasteiger partial charge in [0.25, 0.3) is 0 Å². The second-order valence-corrected chi connectivity index (χ2v) is 8.13. The SMILES string of the molecule is COc1ccc2[nH]c3c(c2c1)CCN(C(=O)Nc1cccc(F)c1)[C@@H]3c1ccc(C)cc1. The van der Waals surface area contributed by atoms with Crippen LogP contribution in [0.2, 0.25) is 0 Å². The first-order valence-corrected chi connectivity index (χ1v) is 10.6. The number of amides is 2. The molecule has 0 fully saturated rings. The molecule has 5 nitrogen and oxygen atoms in total. The monoisotopic (exact) mass is 429 g/mol. The molecule has 0 aliphatic carbocycles. The molecule has 6 heteroatoms. The van der Waals surface area contributed by atoms with E-state index in [9.17, 15) is 9.18 Å². The number of H-pyrrole nitrogens is 1. The number of carbonyl (C=O) groups is 1. The molecular weight excluding hydrogens is 405 g/mol. The number of rotatable bonds is 3. The fourth-order valence-corrected chi connectivity index (χ4v) is 4.47. The van der Waals surface area contributed by atoms with Crippen LogP contribution in [0.15, 0.2) is 66.7 Å².